The van der Waals surface area contributed by atoms with E-state index in [1.165, 1.54) is 41.5 Å². The van der Waals surface area contributed by atoms with Crippen molar-refractivity contribution in [2.45, 2.75) is 36.4 Å². The maximum Gasteiger partial charge on any atom is 0.321 e. The summed E-state index contributed by atoms with van der Waals surface area (Å²) in [6.07, 6.45) is 9.56. The summed E-state index contributed by atoms with van der Waals surface area (Å²) in [6, 6.07) is -0.451. The predicted molar refractivity (Wildman–Crippen MR) is 102 cm³/mol. The van der Waals surface area contributed by atoms with Crippen LogP contribution in [-0.4, -0.2) is 41.0 Å². The van der Waals surface area contributed by atoms with Gasteiger partial charge in [0, 0.05) is 13.1 Å². The lowest BCUT2D eigenvalue weighted by atomic mass is 9.97. The molecule has 1 aliphatic carbocycles. The van der Waals surface area contributed by atoms with Crippen LogP contribution in [0.3, 0.4) is 0 Å². The molecule has 7 nitrogen and oxygen atoms in total. The molecule has 3 amide bonds. The Labute approximate surface area is 155 Å². The first-order chi connectivity index (χ1) is 12.2. The minimum Gasteiger partial charge on any atom is -0.357 e. The fraction of sp³-hybridized carbons (Fsp3) is 0.500. The molecule has 25 heavy (non-hydrogen) atoms. The molecular weight excluding hydrogens is 358 g/mol. The van der Waals surface area contributed by atoms with Crippen LogP contribution in [0.4, 0.5) is 9.93 Å². The lowest BCUT2D eigenvalue weighted by Gasteiger charge is -2.13. The third-order valence-corrected chi connectivity index (χ3v) is 5.51. The topological polar surface area (TPSA) is 96.0 Å². The Morgan fingerprint density at radius 1 is 1.36 bits per heavy atom. The smallest absolute Gasteiger partial charge is 0.321 e. The zero-order valence-electron chi connectivity index (χ0n) is 14.0. The van der Waals surface area contributed by atoms with E-state index >= 15 is 0 Å². The van der Waals surface area contributed by atoms with Gasteiger partial charge in [-0.2, -0.15) is 0 Å². The lowest BCUT2D eigenvalue weighted by Crippen LogP contribution is -2.40. The van der Waals surface area contributed by atoms with Gasteiger partial charge in [0.2, 0.25) is 11.0 Å². The van der Waals surface area contributed by atoms with Crippen molar-refractivity contribution < 1.29 is 9.59 Å². The second kappa shape index (κ2) is 10.9. The molecule has 0 unspecified atom stereocenters. The Hall–Kier alpha value is -1.87. The summed E-state index contributed by atoms with van der Waals surface area (Å²) in [4.78, 5) is 23.5. The first kappa shape index (κ1) is 19.5. The number of carbonyl (C=O) groups is 2. The van der Waals surface area contributed by atoms with Gasteiger partial charge in [-0.05, 0) is 32.1 Å². The summed E-state index contributed by atoms with van der Waals surface area (Å²) in [6.45, 7) is 4.77. The van der Waals surface area contributed by atoms with E-state index in [1.807, 2.05) is 0 Å². The first-order valence-electron chi connectivity index (χ1n) is 8.24. The van der Waals surface area contributed by atoms with E-state index in [-0.39, 0.29) is 11.7 Å². The number of amides is 3. The standard InChI is InChI=1S/C16H23N5O2S2/c1-2-9-18-15-20-21-16(25-15)24-11-13(22)19-14(23)17-10-8-12-6-4-3-5-7-12/h2,6H,1,3-5,7-11H2,(H,18,20)(H2,17,19,22,23). The van der Waals surface area contributed by atoms with Crippen LogP contribution in [0, 0.1) is 0 Å². The molecule has 0 saturated heterocycles. The molecular formula is C16H23N5O2S2. The second-order valence-corrected chi connectivity index (χ2v) is 7.69. The fourth-order valence-electron chi connectivity index (χ4n) is 2.30. The van der Waals surface area contributed by atoms with Crippen molar-refractivity contribution >= 4 is 40.2 Å². The molecule has 0 radical (unpaired) electrons. The maximum absolute atomic E-state index is 11.8. The van der Waals surface area contributed by atoms with Crippen molar-refractivity contribution in [3.05, 3.63) is 24.3 Å². The number of anilines is 1. The minimum atomic E-state index is -0.451. The van der Waals surface area contributed by atoms with Crippen molar-refractivity contribution in [1.82, 2.24) is 20.8 Å². The van der Waals surface area contributed by atoms with E-state index in [9.17, 15) is 9.59 Å². The zero-order chi connectivity index (χ0) is 17.9. The molecule has 0 spiro atoms. The van der Waals surface area contributed by atoms with Crippen LogP contribution in [0.25, 0.3) is 0 Å². The Bertz CT molecular complexity index is 630. The van der Waals surface area contributed by atoms with E-state index in [2.05, 4.69) is 38.8 Å². The van der Waals surface area contributed by atoms with Gasteiger partial charge in [-0.25, -0.2) is 4.79 Å². The molecule has 9 heteroatoms. The van der Waals surface area contributed by atoms with Gasteiger partial charge in [0.25, 0.3) is 0 Å². The molecule has 2 rings (SSSR count). The number of nitrogens with one attached hydrogen (secondary N) is 3. The van der Waals surface area contributed by atoms with Gasteiger partial charge in [-0.15, -0.1) is 16.8 Å². The highest BCUT2D eigenvalue weighted by Gasteiger charge is 2.11. The van der Waals surface area contributed by atoms with Crippen LogP contribution in [-0.2, 0) is 4.79 Å². The van der Waals surface area contributed by atoms with Crippen molar-refractivity contribution in [1.29, 1.82) is 0 Å². The molecule has 0 atom stereocenters. The van der Waals surface area contributed by atoms with Gasteiger partial charge in [-0.1, -0.05) is 40.8 Å². The molecule has 1 heterocycles. The maximum atomic E-state index is 11.8. The highest BCUT2D eigenvalue weighted by Crippen LogP contribution is 2.25. The molecule has 0 saturated carbocycles. The lowest BCUT2D eigenvalue weighted by molar-refractivity contribution is -0.117. The van der Waals surface area contributed by atoms with Gasteiger partial charge in [-0.3, -0.25) is 10.1 Å². The van der Waals surface area contributed by atoms with Crippen LogP contribution in [0.2, 0.25) is 0 Å². The third-order valence-electron chi connectivity index (χ3n) is 3.50. The number of thioether (sulfide) groups is 1. The SMILES string of the molecule is C=CCNc1nnc(SCC(=O)NC(=O)NCCC2=CCCCC2)s1. The summed E-state index contributed by atoms with van der Waals surface area (Å²) < 4.78 is 0.673. The van der Waals surface area contributed by atoms with Gasteiger partial charge < -0.3 is 10.6 Å². The number of rotatable bonds is 9. The van der Waals surface area contributed by atoms with Gasteiger partial charge in [0.1, 0.15) is 0 Å². The van der Waals surface area contributed by atoms with E-state index in [0.717, 1.165) is 19.3 Å². The first-order valence-corrected chi connectivity index (χ1v) is 10.0. The largest absolute Gasteiger partial charge is 0.357 e. The van der Waals surface area contributed by atoms with E-state index in [0.29, 0.717) is 22.6 Å². The Morgan fingerprint density at radius 2 is 2.24 bits per heavy atom. The molecule has 0 bridgehead atoms. The summed E-state index contributed by atoms with van der Waals surface area (Å²) in [5.41, 5.74) is 1.39. The number of imide groups is 1. The van der Waals surface area contributed by atoms with Crippen LogP contribution < -0.4 is 16.0 Å². The molecule has 3 N–H and O–H groups in total. The van der Waals surface area contributed by atoms with Crippen molar-refractivity contribution in [2.24, 2.45) is 0 Å². The van der Waals surface area contributed by atoms with Crippen LogP contribution in [0.1, 0.15) is 32.1 Å². The van der Waals surface area contributed by atoms with E-state index in [4.69, 9.17) is 0 Å². The highest BCUT2D eigenvalue weighted by atomic mass is 32.2. The highest BCUT2D eigenvalue weighted by molar-refractivity contribution is 8.01. The molecule has 0 aromatic carbocycles. The number of nitrogens with zero attached hydrogens (tertiary/aromatic N) is 2. The number of allylic oxidation sites excluding steroid dienone is 1. The summed E-state index contributed by atoms with van der Waals surface area (Å²) in [7, 11) is 0. The van der Waals surface area contributed by atoms with Crippen LogP contribution in [0.5, 0.6) is 0 Å². The Balaban J connectivity index is 1.60. The zero-order valence-corrected chi connectivity index (χ0v) is 15.7. The number of urea groups is 1. The molecule has 136 valence electrons. The van der Waals surface area contributed by atoms with Crippen molar-refractivity contribution in [3.8, 4) is 0 Å². The van der Waals surface area contributed by atoms with Crippen molar-refractivity contribution in [2.75, 3.05) is 24.2 Å². The molecule has 0 aliphatic heterocycles. The summed E-state index contributed by atoms with van der Waals surface area (Å²) in [5.74, 6) is -0.232. The van der Waals surface area contributed by atoms with Gasteiger partial charge >= 0.3 is 6.03 Å². The second-order valence-electron chi connectivity index (χ2n) is 5.49. The van der Waals surface area contributed by atoms with E-state index in [1.54, 1.807) is 6.08 Å². The van der Waals surface area contributed by atoms with E-state index < -0.39 is 6.03 Å². The summed E-state index contributed by atoms with van der Waals surface area (Å²) >= 11 is 2.61. The predicted octanol–water partition coefficient (Wildman–Crippen LogP) is 2.94. The average Bonchev–Trinajstić information content (AvgIpc) is 3.07. The molecule has 0 fully saturated rings. The fourth-order valence-corrected chi connectivity index (χ4v) is 3.86. The van der Waals surface area contributed by atoms with Crippen molar-refractivity contribution in [3.63, 3.8) is 0 Å². The van der Waals surface area contributed by atoms with Gasteiger partial charge in [0.05, 0.1) is 5.75 Å². The quantitative estimate of drug-likeness (QED) is 0.450. The van der Waals surface area contributed by atoms with Crippen LogP contribution >= 0.6 is 23.1 Å². The number of hydrogen-bond acceptors (Lipinski definition) is 7. The average molecular weight is 382 g/mol. The summed E-state index contributed by atoms with van der Waals surface area (Å²) in [5, 5.41) is 16.7. The minimum absolute atomic E-state index is 0.120. The van der Waals surface area contributed by atoms with Crippen LogP contribution in [0.15, 0.2) is 28.6 Å². The van der Waals surface area contributed by atoms with Gasteiger partial charge in [0.15, 0.2) is 4.34 Å². The Kier molecular flexibility index (Phi) is 8.47. The third kappa shape index (κ3) is 7.70. The number of aromatic nitrogens is 2. The normalized spacial score (nSPS) is 13.7. The number of hydrogen-bond donors (Lipinski definition) is 3. The monoisotopic (exact) mass is 381 g/mol. The Morgan fingerprint density at radius 3 is 3.00 bits per heavy atom. The molecule has 1 aliphatic rings. The molecule has 1 aromatic heterocycles. The molecule has 1 aromatic rings. The number of carbonyl (C=O) groups excluding carboxylic acids is 2.